The molecule has 2 rings (SSSR count). The van der Waals surface area contributed by atoms with Crippen molar-refractivity contribution in [3.63, 3.8) is 0 Å². The van der Waals surface area contributed by atoms with Gasteiger partial charge < -0.3 is 10.6 Å². The van der Waals surface area contributed by atoms with Gasteiger partial charge in [-0.15, -0.1) is 0 Å². The van der Waals surface area contributed by atoms with Crippen molar-refractivity contribution in [3.05, 3.63) is 29.3 Å². The SMILES string of the molecule is Cc1cccc(N(CCC#N)C(=O)CN2CCCC2C(N)=O)c1C. The Morgan fingerprint density at radius 2 is 2.17 bits per heavy atom. The maximum atomic E-state index is 12.9. The third-order valence-corrected chi connectivity index (χ3v) is 4.65. The number of nitrogens with two attached hydrogens (primary N) is 1. The normalized spacial score (nSPS) is 17.5. The number of anilines is 1. The number of nitrogens with zero attached hydrogens (tertiary/aromatic N) is 3. The van der Waals surface area contributed by atoms with E-state index in [0.717, 1.165) is 23.2 Å². The number of benzene rings is 1. The van der Waals surface area contributed by atoms with Gasteiger partial charge in [-0.3, -0.25) is 14.5 Å². The van der Waals surface area contributed by atoms with Gasteiger partial charge in [0.05, 0.1) is 25.1 Å². The van der Waals surface area contributed by atoms with Gasteiger partial charge >= 0.3 is 0 Å². The number of carbonyl (C=O) groups is 2. The Kier molecular flexibility index (Phi) is 5.93. The molecule has 0 aromatic heterocycles. The molecule has 1 aromatic rings. The molecule has 1 aliphatic heterocycles. The molecule has 1 heterocycles. The van der Waals surface area contributed by atoms with Crippen LogP contribution in [0.4, 0.5) is 5.69 Å². The molecule has 0 aliphatic carbocycles. The lowest BCUT2D eigenvalue weighted by Crippen LogP contribution is -2.47. The van der Waals surface area contributed by atoms with Crippen LogP contribution in [-0.2, 0) is 9.59 Å². The number of aryl methyl sites for hydroxylation is 1. The molecule has 1 saturated heterocycles. The summed E-state index contributed by atoms with van der Waals surface area (Å²) in [6.45, 7) is 5.15. The molecular weight excluding hydrogens is 304 g/mol. The Morgan fingerprint density at radius 1 is 1.42 bits per heavy atom. The van der Waals surface area contributed by atoms with Gasteiger partial charge in [-0.1, -0.05) is 12.1 Å². The van der Waals surface area contributed by atoms with Gasteiger partial charge in [-0.05, 0) is 50.4 Å². The highest BCUT2D eigenvalue weighted by Crippen LogP contribution is 2.24. The van der Waals surface area contributed by atoms with Crippen LogP contribution in [0.5, 0.6) is 0 Å². The molecule has 0 saturated carbocycles. The average molecular weight is 328 g/mol. The van der Waals surface area contributed by atoms with Crippen LogP contribution in [0.3, 0.4) is 0 Å². The molecule has 1 aliphatic rings. The average Bonchev–Trinajstić information content (AvgIpc) is 3.00. The quantitative estimate of drug-likeness (QED) is 0.857. The molecule has 1 unspecified atom stereocenters. The van der Waals surface area contributed by atoms with Crippen LogP contribution in [0.15, 0.2) is 18.2 Å². The number of amides is 2. The first-order valence-electron chi connectivity index (χ1n) is 8.22. The van der Waals surface area contributed by atoms with Crippen molar-refractivity contribution in [2.75, 3.05) is 24.5 Å². The van der Waals surface area contributed by atoms with E-state index < -0.39 is 0 Å². The lowest BCUT2D eigenvalue weighted by atomic mass is 10.1. The van der Waals surface area contributed by atoms with Gasteiger partial charge in [0, 0.05) is 12.2 Å². The second-order valence-corrected chi connectivity index (χ2v) is 6.20. The van der Waals surface area contributed by atoms with Gasteiger partial charge in [0.15, 0.2) is 0 Å². The van der Waals surface area contributed by atoms with E-state index in [1.807, 2.05) is 36.9 Å². The molecule has 128 valence electrons. The molecule has 2 N–H and O–H groups in total. The number of rotatable bonds is 6. The zero-order valence-electron chi connectivity index (χ0n) is 14.3. The monoisotopic (exact) mass is 328 g/mol. The Labute approximate surface area is 142 Å². The van der Waals surface area contributed by atoms with Crippen LogP contribution >= 0.6 is 0 Å². The number of likely N-dealkylation sites (tertiary alicyclic amines) is 1. The summed E-state index contributed by atoms with van der Waals surface area (Å²) in [7, 11) is 0. The summed E-state index contributed by atoms with van der Waals surface area (Å²) in [6, 6.07) is 7.53. The summed E-state index contributed by atoms with van der Waals surface area (Å²) in [4.78, 5) is 27.9. The second-order valence-electron chi connectivity index (χ2n) is 6.20. The summed E-state index contributed by atoms with van der Waals surface area (Å²) in [5.41, 5.74) is 8.37. The molecule has 0 bridgehead atoms. The van der Waals surface area contributed by atoms with Gasteiger partial charge in [-0.2, -0.15) is 5.26 Å². The molecule has 0 spiro atoms. The smallest absolute Gasteiger partial charge is 0.241 e. The summed E-state index contributed by atoms with van der Waals surface area (Å²) in [5.74, 6) is -0.484. The maximum absolute atomic E-state index is 12.9. The van der Waals surface area contributed by atoms with Gasteiger partial charge in [0.2, 0.25) is 11.8 Å². The lowest BCUT2D eigenvalue weighted by molar-refractivity contribution is -0.124. The predicted molar refractivity (Wildman–Crippen MR) is 92.3 cm³/mol. The first-order valence-corrected chi connectivity index (χ1v) is 8.22. The van der Waals surface area contributed by atoms with E-state index in [1.165, 1.54) is 0 Å². The number of nitriles is 1. The minimum Gasteiger partial charge on any atom is -0.368 e. The molecule has 2 amide bonds. The first kappa shape index (κ1) is 18.0. The Hall–Kier alpha value is -2.39. The van der Waals surface area contributed by atoms with Crippen molar-refractivity contribution in [3.8, 4) is 6.07 Å². The van der Waals surface area contributed by atoms with Crippen LogP contribution in [-0.4, -0.2) is 42.4 Å². The largest absolute Gasteiger partial charge is 0.368 e. The number of hydrogen-bond acceptors (Lipinski definition) is 4. The van der Waals surface area contributed by atoms with E-state index in [1.54, 1.807) is 4.90 Å². The van der Waals surface area contributed by atoms with Crippen molar-refractivity contribution in [1.82, 2.24) is 4.90 Å². The Morgan fingerprint density at radius 3 is 2.83 bits per heavy atom. The van der Waals surface area contributed by atoms with E-state index in [2.05, 4.69) is 6.07 Å². The molecule has 0 radical (unpaired) electrons. The molecule has 24 heavy (non-hydrogen) atoms. The van der Waals surface area contributed by atoms with E-state index in [4.69, 9.17) is 11.0 Å². The minimum atomic E-state index is -0.379. The third kappa shape index (κ3) is 3.92. The second kappa shape index (κ2) is 7.93. The van der Waals surface area contributed by atoms with Crippen LogP contribution < -0.4 is 10.6 Å². The minimum absolute atomic E-state index is 0.105. The summed E-state index contributed by atoms with van der Waals surface area (Å²) >= 11 is 0. The molecule has 1 atom stereocenters. The fourth-order valence-corrected chi connectivity index (χ4v) is 3.17. The maximum Gasteiger partial charge on any atom is 0.241 e. The van der Waals surface area contributed by atoms with Crippen molar-refractivity contribution < 1.29 is 9.59 Å². The fraction of sp³-hybridized carbons (Fsp3) is 0.500. The van der Waals surface area contributed by atoms with Crippen LogP contribution in [0.2, 0.25) is 0 Å². The van der Waals surface area contributed by atoms with Crippen LogP contribution in [0.25, 0.3) is 0 Å². The molecule has 1 fully saturated rings. The van der Waals surface area contributed by atoms with E-state index in [-0.39, 0.29) is 30.8 Å². The van der Waals surface area contributed by atoms with Gasteiger partial charge in [-0.25, -0.2) is 0 Å². The van der Waals surface area contributed by atoms with E-state index in [0.29, 0.717) is 19.5 Å². The number of primary amides is 1. The molecule has 6 nitrogen and oxygen atoms in total. The highest BCUT2D eigenvalue weighted by atomic mass is 16.2. The van der Waals surface area contributed by atoms with E-state index in [9.17, 15) is 9.59 Å². The first-order chi connectivity index (χ1) is 11.5. The van der Waals surface area contributed by atoms with Crippen molar-refractivity contribution in [2.24, 2.45) is 5.73 Å². The lowest BCUT2D eigenvalue weighted by Gasteiger charge is -2.28. The van der Waals surface area contributed by atoms with E-state index >= 15 is 0 Å². The Bertz CT molecular complexity index is 665. The zero-order valence-corrected chi connectivity index (χ0v) is 14.3. The van der Waals surface area contributed by atoms with Gasteiger partial charge in [0.25, 0.3) is 0 Å². The predicted octanol–water partition coefficient (Wildman–Crippen LogP) is 1.50. The van der Waals surface area contributed by atoms with Crippen molar-refractivity contribution in [1.29, 1.82) is 5.26 Å². The highest BCUT2D eigenvalue weighted by molar-refractivity contribution is 5.96. The van der Waals surface area contributed by atoms with Crippen LogP contribution in [0, 0.1) is 25.2 Å². The van der Waals surface area contributed by atoms with Gasteiger partial charge in [0.1, 0.15) is 0 Å². The topological polar surface area (TPSA) is 90.4 Å². The standard InChI is InChI=1S/C18H24N4O2/c1-13-6-3-7-15(14(13)2)22(11-5-9-19)17(23)12-21-10-4-8-16(21)18(20)24/h3,6-7,16H,4-5,8,10-12H2,1-2H3,(H2,20,24). The summed E-state index contributed by atoms with van der Waals surface area (Å²) < 4.78 is 0. The summed E-state index contributed by atoms with van der Waals surface area (Å²) in [5, 5.41) is 8.91. The third-order valence-electron chi connectivity index (χ3n) is 4.65. The molecule has 1 aromatic carbocycles. The van der Waals surface area contributed by atoms with Crippen LogP contribution in [0.1, 0.15) is 30.4 Å². The number of hydrogen-bond donors (Lipinski definition) is 1. The van der Waals surface area contributed by atoms with Crippen molar-refractivity contribution >= 4 is 17.5 Å². The molecular formula is C18H24N4O2. The summed E-state index contributed by atoms with van der Waals surface area (Å²) in [6.07, 6.45) is 1.82. The van der Waals surface area contributed by atoms with Crippen molar-refractivity contribution in [2.45, 2.75) is 39.2 Å². The number of carbonyl (C=O) groups excluding carboxylic acids is 2. The highest BCUT2D eigenvalue weighted by Gasteiger charge is 2.31. The fourth-order valence-electron chi connectivity index (χ4n) is 3.17. The molecule has 6 heteroatoms. The Balaban J connectivity index is 2.21. The zero-order chi connectivity index (χ0) is 17.7.